The molecule has 2 saturated heterocycles. The summed E-state index contributed by atoms with van der Waals surface area (Å²) in [7, 11) is 1.67. The van der Waals surface area contributed by atoms with Crippen molar-refractivity contribution in [3.8, 4) is 6.07 Å². The third kappa shape index (κ3) is 7.65. The van der Waals surface area contributed by atoms with Crippen LogP contribution in [0, 0.1) is 40.9 Å². The number of anilines is 1. The molecule has 256 valence electrons. The van der Waals surface area contributed by atoms with E-state index in [-0.39, 0.29) is 17.6 Å². The number of nitriles is 1. The second-order valence-corrected chi connectivity index (χ2v) is 15.1. The monoisotopic (exact) mass is 649 g/mol. The number of amides is 1. The molecule has 3 fully saturated rings. The molecule has 1 N–H and O–H groups in total. The largest absolute Gasteiger partial charge is 0.446 e. The lowest BCUT2D eigenvalue weighted by atomic mass is 9.56. The Bertz CT molecular complexity index is 1450. The Morgan fingerprint density at radius 1 is 1.04 bits per heavy atom. The molecule has 0 spiro atoms. The van der Waals surface area contributed by atoms with Crippen molar-refractivity contribution in [1.29, 1.82) is 5.26 Å². The minimum atomic E-state index is -0.302. The Labute approximate surface area is 288 Å². The third-order valence-corrected chi connectivity index (χ3v) is 12.0. The Kier molecular flexibility index (Phi) is 11.2. The summed E-state index contributed by atoms with van der Waals surface area (Å²) < 4.78 is 6.19. The van der Waals surface area contributed by atoms with Crippen LogP contribution in [-0.4, -0.2) is 62.6 Å². The van der Waals surface area contributed by atoms with Crippen molar-refractivity contribution in [2.45, 2.75) is 83.2 Å². The van der Waals surface area contributed by atoms with E-state index in [1.54, 1.807) is 7.05 Å². The van der Waals surface area contributed by atoms with E-state index in [0.717, 1.165) is 83.2 Å². The predicted molar refractivity (Wildman–Crippen MR) is 194 cm³/mol. The smallest absolute Gasteiger partial charge is 0.407 e. The first-order chi connectivity index (χ1) is 23.4. The van der Waals surface area contributed by atoms with Gasteiger partial charge in [0.1, 0.15) is 6.10 Å². The molecule has 7 nitrogen and oxygen atoms in total. The summed E-state index contributed by atoms with van der Waals surface area (Å²) >= 11 is 0. The Morgan fingerprint density at radius 2 is 1.79 bits per heavy atom. The van der Waals surface area contributed by atoms with Gasteiger partial charge in [0.2, 0.25) is 0 Å². The van der Waals surface area contributed by atoms with Crippen LogP contribution in [0.5, 0.6) is 0 Å². The van der Waals surface area contributed by atoms with Crippen LogP contribution >= 0.6 is 0 Å². The van der Waals surface area contributed by atoms with Crippen molar-refractivity contribution in [3.63, 3.8) is 0 Å². The van der Waals surface area contributed by atoms with Gasteiger partial charge >= 0.3 is 6.09 Å². The molecule has 4 aliphatic rings. The molecular formula is C41H55N5O2. The summed E-state index contributed by atoms with van der Waals surface area (Å²) in [6, 6.07) is 21.5. The molecule has 0 radical (unpaired) electrons. The molecule has 2 aromatic rings. The average Bonchev–Trinajstić information content (AvgIpc) is 3.42. The van der Waals surface area contributed by atoms with E-state index < -0.39 is 0 Å². The number of rotatable bonds is 11. The molecule has 1 amide bonds. The fraction of sp³-hybridized carbons (Fsp3) is 0.585. The molecule has 6 rings (SSSR count). The maximum absolute atomic E-state index is 12.6. The molecular weight excluding hydrogens is 594 g/mol. The molecule has 1 unspecified atom stereocenters. The van der Waals surface area contributed by atoms with E-state index in [9.17, 15) is 4.79 Å². The number of likely N-dealkylation sites (tertiary alicyclic amines) is 1. The van der Waals surface area contributed by atoms with Crippen molar-refractivity contribution < 1.29 is 9.53 Å². The average molecular weight is 650 g/mol. The van der Waals surface area contributed by atoms with Gasteiger partial charge < -0.3 is 19.9 Å². The highest BCUT2D eigenvalue weighted by Crippen LogP contribution is 2.54. The summed E-state index contributed by atoms with van der Waals surface area (Å²) in [5.74, 6) is 2.51. The van der Waals surface area contributed by atoms with E-state index in [2.05, 4.69) is 89.8 Å². The van der Waals surface area contributed by atoms with Crippen LogP contribution in [0.15, 0.2) is 71.9 Å². The summed E-state index contributed by atoms with van der Waals surface area (Å²) in [5, 5.41) is 11.9. The van der Waals surface area contributed by atoms with Gasteiger partial charge in [-0.05, 0) is 118 Å². The number of aliphatic imine (C=N–C) groups is 1. The second-order valence-electron chi connectivity index (χ2n) is 15.1. The van der Waals surface area contributed by atoms with E-state index in [1.807, 2.05) is 12.1 Å². The Hall–Kier alpha value is -3.63. The zero-order valence-corrected chi connectivity index (χ0v) is 29.3. The number of nitrogens with one attached hydrogen (secondary N) is 1. The lowest BCUT2D eigenvalue weighted by molar-refractivity contribution is 0.00381. The molecule has 7 heteroatoms. The van der Waals surface area contributed by atoms with Crippen LogP contribution in [0.3, 0.4) is 0 Å². The van der Waals surface area contributed by atoms with Crippen molar-refractivity contribution in [2.24, 2.45) is 34.6 Å². The number of carbonyl (C=O) groups excluding carboxylic acids is 1. The molecule has 48 heavy (non-hydrogen) atoms. The number of hydrogen-bond donors (Lipinski definition) is 1. The third-order valence-electron chi connectivity index (χ3n) is 12.0. The van der Waals surface area contributed by atoms with E-state index in [0.29, 0.717) is 29.6 Å². The van der Waals surface area contributed by atoms with Crippen LogP contribution in [0.4, 0.5) is 10.5 Å². The van der Waals surface area contributed by atoms with Gasteiger partial charge in [-0.25, -0.2) is 4.79 Å². The molecule has 0 aromatic heterocycles. The summed E-state index contributed by atoms with van der Waals surface area (Å²) in [4.78, 5) is 22.6. The van der Waals surface area contributed by atoms with Crippen LogP contribution in [0.25, 0.3) is 0 Å². The highest BCUT2D eigenvalue weighted by molar-refractivity contribution is 5.86. The van der Waals surface area contributed by atoms with Gasteiger partial charge in [0.05, 0.1) is 11.6 Å². The fourth-order valence-electron chi connectivity index (χ4n) is 9.38. The molecule has 0 bridgehead atoms. The van der Waals surface area contributed by atoms with Crippen molar-refractivity contribution >= 4 is 17.5 Å². The fourth-order valence-corrected chi connectivity index (χ4v) is 9.38. The van der Waals surface area contributed by atoms with Gasteiger partial charge in [-0.2, -0.15) is 5.26 Å². The van der Waals surface area contributed by atoms with Gasteiger partial charge in [-0.15, -0.1) is 0 Å². The highest BCUT2D eigenvalue weighted by atomic mass is 16.6. The maximum atomic E-state index is 12.6. The topological polar surface area (TPSA) is 81.0 Å². The first-order valence-electron chi connectivity index (χ1n) is 18.5. The molecule has 4 atom stereocenters. The SMILES string of the molecule is CNC(=O)O[C@H]1CCC[C@@H]1[C@](CCC1C=CN=C(C(C)C)CC1)(c1ccccc1)C1CCN(CC2CN(c3ccc(C#N)cc3)C2)CC1. The molecule has 3 heterocycles. The van der Waals surface area contributed by atoms with Gasteiger partial charge in [0.15, 0.2) is 0 Å². The standard InChI is InChI=1S/C41H55N5O2/c1-30(2)38-17-14-31(19-23-44-38)18-22-41(34-8-5-4-6-9-34,37-10-7-11-39(37)48-40(47)43-3)35-20-24-45(25-21-35)27-33-28-46(29-33)36-15-12-32(26-42)13-16-36/h4-6,8-9,12-13,15-16,19,23,30-31,33,35,37,39H,7,10-11,14,17-18,20-22,24-25,27-29H2,1-3H3,(H,43,47)/t31?,37-,39-,41+/m0/s1. The quantitative estimate of drug-likeness (QED) is 0.267. The lowest BCUT2D eigenvalue weighted by Crippen LogP contribution is -2.54. The zero-order chi connectivity index (χ0) is 33.5. The van der Waals surface area contributed by atoms with Gasteiger partial charge in [-0.3, -0.25) is 4.99 Å². The number of ether oxygens (including phenoxy) is 1. The molecule has 3 aliphatic heterocycles. The van der Waals surface area contributed by atoms with E-state index in [1.165, 1.54) is 29.8 Å². The summed E-state index contributed by atoms with van der Waals surface area (Å²) in [6.45, 7) is 10.1. The van der Waals surface area contributed by atoms with Crippen LogP contribution in [0.1, 0.15) is 82.8 Å². The number of carbonyl (C=O) groups is 1. The molecule has 1 saturated carbocycles. The molecule has 1 aliphatic carbocycles. The second kappa shape index (κ2) is 15.7. The number of piperidine rings is 1. The first-order valence-corrected chi connectivity index (χ1v) is 18.5. The number of benzene rings is 2. The minimum absolute atomic E-state index is 0.0483. The normalized spacial score (nSPS) is 25.1. The number of nitrogens with zero attached hydrogens (tertiary/aromatic N) is 4. The minimum Gasteiger partial charge on any atom is -0.446 e. The lowest BCUT2D eigenvalue weighted by Gasteiger charge is -2.51. The van der Waals surface area contributed by atoms with Crippen LogP contribution in [-0.2, 0) is 10.2 Å². The van der Waals surface area contributed by atoms with Gasteiger partial charge in [0.25, 0.3) is 0 Å². The summed E-state index contributed by atoms with van der Waals surface area (Å²) in [5.41, 5.74) is 4.64. The zero-order valence-electron chi connectivity index (χ0n) is 29.3. The van der Waals surface area contributed by atoms with E-state index >= 15 is 0 Å². The summed E-state index contributed by atoms with van der Waals surface area (Å²) in [6.07, 6.45) is 14.0. The van der Waals surface area contributed by atoms with Gasteiger partial charge in [0, 0.05) is 61.5 Å². The van der Waals surface area contributed by atoms with Gasteiger partial charge in [-0.1, -0.05) is 50.3 Å². The van der Waals surface area contributed by atoms with Crippen molar-refractivity contribution in [1.82, 2.24) is 10.2 Å². The first kappa shape index (κ1) is 34.2. The number of hydrogen-bond acceptors (Lipinski definition) is 6. The van der Waals surface area contributed by atoms with Crippen molar-refractivity contribution in [2.75, 3.05) is 44.7 Å². The maximum Gasteiger partial charge on any atom is 0.407 e. The predicted octanol–water partition coefficient (Wildman–Crippen LogP) is 7.97. The molecule has 2 aromatic carbocycles. The Morgan fingerprint density at radius 3 is 2.48 bits per heavy atom. The highest BCUT2D eigenvalue weighted by Gasteiger charge is 2.52. The number of allylic oxidation sites excluding steroid dienone is 1. The van der Waals surface area contributed by atoms with Crippen LogP contribution in [0.2, 0.25) is 0 Å². The van der Waals surface area contributed by atoms with E-state index in [4.69, 9.17) is 15.0 Å². The Balaban J connectivity index is 1.18. The number of alkyl carbamates (subject to hydrolysis) is 1. The van der Waals surface area contributed by atoms with Crippen molar-refractivity contribution in [3.05, 3.63) is 78.0 Å². The van der Waals surface area contributed by atoms with Crippen LogP contribution < -0.4 is 10.2 Å².